The lowest BCUT2D eigenvalue weighted by molar-refractivity contribution is -0.140. The van der Waals surface area contributed by atoms with Crippen LogP contribution in [-0.2, 0) is 14.3 Å². The first-order chi connectivity index (χ1) is 6.50. The third-order valence-corrected chi connectivity index (χ3v) is 2.57. The number of carboxylic acids is 2. The number of ether oxygens (including phenoxy) is 1. The van der Waals surface area contributed by atoms with E-state index in [9.17, 15) is 9.59 Å². The third-order valence-electron chi connectivity index (χ3n) is 2.57. The van der Waals surface area contributed by atoms with Crippen LogP contribution in [0.5, 0.6) is 0 Å². The van der Waals surface area contributed by atoms with Crippen LogP contribution in [-0.4, -0.2) is 41.9 Å². The molecule has 6 heteroatoms. The van der Waals surface area contributed by atoms with Crippen molar-refractivity contribution in [1.29, 1.82) is 0 Å². The Bertz CT molecular complexity index is 254. The van der Waals surface area contributed by atoms with Gasteiger partial charge in [-0.1, -0.05) is 0 Å². The normalized spacial score (nSPS) is 32.3. The van der Waals surface area contributed by atoms with Gasteiger partial charge in [-0.25, -0.2) is 0 Å². The summed E-state index contributed by atoms with van der Waals surface area (Å²) in [7, 11) is 1.45. The van der Waals surface area contributed by atoms with Gasteiger partial charge in [-0.05, 0) is 0 Å². The van der Waals surface area contributed by atoms with E-state index in [2.05, 4.69) is 0 Å². The molecule has 0 saturated heterocycles. The van der Waals surface area contributed by atoms with Gasteiger partial charge in [0.1, 0.15) is 6.04 Å². The van der Waals surface area contributed by atoms with E-state index >= 15 is 0 Å². The predicted octanol–water partition coefficient (Wildman–Crippen LogP) is -1.01. The summed E-state index contributed by atoms with van der Waals surface area (Å²) in [5.41, 5.74) is 5.35. The number of hydrogen-bond donors (Lipinski definition) is 3. The van der Waals surface area contributed by atoms with Gasteiger partial charge in [-0.2, -0.15) is 0 Å². The minimum atomic E-state index is -1.17. The van der Waals surface area contributed by atoms with Crippen LogP contribution in [0.15, 0.2) is 0 Å². The zero-order chi connectivity index (χ0) is 10.9. The minimum Gasteiger partial charge on any atom is -0.481 e. The van der Waals surface area contributed by atoms with Gasteiger partial charge in [0.2, 0.25) is 0 Å². The molecule has 0 bridgehead atoms. The molecule has 1 rings (SSSR count). The van der Waals surface area contributed by atoms with Crippen LogP contribution >= 0.6 is 0 Å². The standard InChI is InChI=1S/C8H13NO5/c1-14-2-3-4(5(3)7(10)11)6(9)8(12)13/h3-6H,2,9H2,1H3,(H,10,11)(H,12,13)/t3-,4+,5-,6-/m0/s1. The summed E-state index contributed by atoms with van der Waals surface area (Å²) in [4.78, 5) is 21.2. The number of methoxy groups -OCH3 is 1. The Morgan fingerprint density at radius 2 is 2.07 bits per heavy atom. The van der Waals surface area contributed by atoms with E-state index in [4.69, 9.17) is 20.7 Å². The van der Waals surface area contributed by atoms with Gasteiger partial charge >= 0.3 is 11.9 Å². The zero-order valence-electron chi connectivity index (χ0n) is 7.71. The molecule has 80 valence electrons. The Hall–Kier alpha value is -1.14. The van der Waals surface area contributed by atoms with E-state index in [1.807, 2.05) is 0 Å². The molecule has 0 aromatic rings. The molecule has 14 heavy (non-hydrogen) atoms. The van der Waals surface area contributed by atoms with E-state index < -0.39 is 29.8 Å². The number of carboxylic acid groups (broad SMARTS) is 2. The first kappa shape index (κ1) is 10.9. The predicted molar refractivity (Wildman–Crippen MR) is 45.6 cm³/mol. The van der Waals surface area contributed by atoms with Crippen LogP contribution in [0.3, 0.4) is 0 Å². The second-order valence-corrected chi connectivity index (χ2v) is 3.42. The van der Waals surface area contributed by atoms with Crippen LogP contribution in [0.25, 0.3) is 0 Å². The molecular formula is C8H13NO5. The lowest BCUT2D eigenvalue weighted by atomic mass is 10.1. The van der Waals surface area contributed by atoms with Crippen LogP contribution in [0, 0.1) is 17.8 Å². The summed E-state index contributed by atoms with van der Waals surface area (Å²) in [5, 5.41) is 17.4. The highest BCUT2D eigenvalue weighted by Gasteiger charge is 2.59. The molecule has 0 aromatic heterocycles. The van der Waals surface area contributed by atoms with Gasteiger partial charge in [0.25, 0.3) is 0 Å². The van der Waals surface area contributed by atoms with Gasteiger partial charge < -0.3 is 20.7 Å². The Balaban J connectivity index is 2.62. The van der Waals surface area contributed by atoms with Crippen molar-refractivity contribution in [1.82, 2.24) is 0 Å². The first-order valence-electron chi connectivity index (χ1n) is 4.20. The fourth-order valence-electron chi connectivity index (χ4n) is 1.81. The minimum absolute atomic E-state index is 0.239. The Kier molecular flexibility index (Phi) is 3.07. The number of hydrogen-bond acceptors (Lipinski definition) is 4. The lowest BCUT2D eigenvalue weighted by Crippen LogP contribution is -2.34. The molecule has 4 N–H and O–H groups in total. The molecule has 1 saturated carbocycles. The quantitative estimate of drug-likeness (QED) is 0.528. The van der Waals surface area contributed by atoms with Crippen molar-refractivity contribution in [2.45, 2.75) is 6.04 Å². The van der Waals surface area contributed by atoms with Gasteiger partial charge in [-0.15, -0.1) is 0 Å². The molecule has 4 atom stereocenters. The molecular weight excluding hydrogens is 190 g/mol. The number of nitrogens with two attached hydrogens (primary N) is 1. The maximum absolute atomic E-state index is 10.7. The summed E-state index contributed by atoms with van der Waals surface area (Å²) in [6.45, 7) is 0.239. The Morgan fingerprint density at radius 3 is 2.43 bits per heavy atom. The molecule has 6 nitrogen and oxygen atoms in total. The summed E-state index contributed by atoms with van der Waals surface area (Å²) in [6.07, 6.45) is 0. The van der Waals surface area contributed by atoms with Gasteiger partial charge in [0, 0.05) is 18.9 Å². The Labute approximate surface area is 80.7 Å². The highest BCUT2D eigenvalue weighted by atomic mass is 16.5. The molecule has 0 radical (unpaired) electrons. The van der Waals surface area contributed by atoms with E-state index in [1.165, 1.54) is 7.11 Å². The maximum atomic E-state index is 10.7. The number of aliphatic carboxylic acids is 2. The van der Waals surface area contributed by atoms with Gasteiger partial charge in [0.15, 0.2) is 0 Å². The molecule has 0 heterocycles. The van der Waals surface area contributed by atoms with Crippen LogP contribution < -0.4 is 5.73 Å². The summed E-state index contributed by atoms with van der Waals surface area (Å²) in [5.74, 6) is -3.64. The van der Waals surface area contributed by atoms with Crippen molar-refractivity contribution in [3.05, 3.63) is 0 Å². The molecule has 0 unspecified atom stereocenters. The van der Waals surface area contributed by atoms with Crippen molar-refractivity contribution in [3.63, 3.8) is 0 Å². The van der Waals surface area contributed by atoms with Crippen LogP contribution in [0.2, 0.25) is 0 Å². The van der Waals surface area contributed by atoms with E-state index in [0.717, 1.165) is 0 Å². The summed E-state index contributed by atoms with van der Waals surface area (Å²) < 4.78 is 4.79. The number of carbonyl (C=O) groups is 2. The molecule has 1 aliphatic carbocycles. The van der Waals surface area contributed by atoms with Gasteiger partial charge in [-0.3, -0.25) is 9.59 Å². The maximum Gasteiger partial charge on any atom is 0.320 e. The molecule has 0 spiro atoms. The largest absolute Gasteiger partial charge is 0.481 e. The third kappa shape index (κ3) is 1.85. The number of rotatable bonds is 5. The topological polar surface area (TPSA) is 110 Å². The van der Waals surface area contributed by atoms with E-state index in [1.54, 1.807) is 0 Å². The Morgan fingerprint density at radius 1 is 1.50 bits per heavy atom. The van der Waals surface area contributed by atoms with Crippen molar-refractivity contribution in [2.24, 2.45) is 23.5 Å². The molecule has 1 aliphatic rings. The van der Waals surface area contributed by atoms with Crippen molar-refractivity contribution >= 4 is 11.9 Å². The van der Waals surface area contributed by atoms with E-state index in [-0.39, 0.29) is 12.5 Å². The van der Waals surface area contributed by atoms with Crippen LogP contribution in [0.4, 0.5) is 0 Å². The highest BCUT2D eigenvalue weighted by Crippen LogP contribution is 2.48. The SMILES string of the molecule is COC[C@@H]1[C@H](C(=O)O)[C@@H]1[C@H](N)C(=O)O. The zero-order valence-corrected chi connectivity index (χ0v) is 7.71. The second kappa shape index (κ2) is 3.93. The summed E-state index contributed by atoms with van der Waals surface area (Å²) >= 11 is 0. The first-order valence-corrected chi connectivity index (χ1v) is 4.20. The molecule has 1 fully saturated rings. The van der Waals surface area contributed by atoms with Crippen LogP contribution in [0.1, 0.15) is 0 Å². The molecule has 0 aliphatic heterocycles. The smallest absolute Gasteiger partial charge is 0.320 e. The fraction of sp³-hybridized carbons (Fsp3) is 0.750. The average molecular weight is 203 g/mol. The highest BCUT2D eigenvalue weighted by molar-refractivity contribution is 5.80. The molecule has 0 aromatic carbocycles. The second-order valence-electron chi connectivity index (χ2n) is 3.42. The fourth-order valence-corrected chi connectivity index (χ4v) is 1.81. The average Bonchev–Trinajstić information content (AvgIpc) is 2.78. The van der Waals surface area contributed by atoms with Gasteiger partial charge in [0.05, 0.1) is 12.5 Å². The van der Waals surface area contributed by atoms with Crippen molar-refractivity contribution in [3.8, 4) is 0 Å². The van der Waals surface area contributed by atoms with Crippen molar-refractivity contribution < 1.29 is 24.5 Å². The lowest BCUT2D eigenvalue weighted by Gasteiger charge is -2.03. The van der Waals surface area contributed by atoms with E-state index in [0.29, 0.717) is 0 Å². The summed E-state index contributed by atoms with van der Waals surface area (Å²) in [6, 6.07) is -1.11. The monoisotopic (exact) mass is 203 g/mol. The molecule has 0 amide bonds. The van der Waals surface area contributed by atoms with Crippen molar-refractivity contribution in [2.75, 3.05) is 13.7 Å².